The van der Waals surface area contributed by atoms with E-state index in [0.717, 1.165) is 23.3 Å². The number of benzene rings is 1. The minimum Gasteiger partial charge on any atom is -0.445 e. The van der Waals surface area contributed by atoms with E-state index in [1.54, 1.807) is 6.07 Å². The summed E-state index contributed by atoms with van der Waals surface area (Å²) in [6.45, 7) is 5.92. The second-order valence-electron chi connectivity index (χ2n) is 4.31. The van der Waals surface area contributed by atoms with Gasteiger partial charge in [-0.1, -0.05) is 38.1 Å². The molecule has 0 N–H and O–H groups in total. The standard InChI is InChI=1S/C14H15NO2/c1-9(2)14-13(15-10(3)17-14)12-7-5-4-6-11(12)8-16/h4-9H,1-3H3. The number of oxazole rings is 1. The summed E-state index contributed by atoms with van der Waals surface area (Å²) in [5.74, 6) is 1.70. The smallest absolute Gasteiger partial charge is 0.191 e. The monoisotopic (exact) mass is 229 g/mol. The van der Waals surface area contributed by atoms with E-state index in [2.05, 4.69) is 4.98 Å². The molecule has 2 rings (SSSR count). The Morgan fingerprint density at radius 2 is 2.00 bits per heavy atom. The highest BCUT2D eigenvalue weighted by atomic mass is 16.4. The lowest BCUT2D eigenvalue weighted by Crippen LogP contribution is -1.93. The highest BCUT2D eigenvalue weighted by molar-refractivity contribution is 5.87. The molecule has 0 unspecified atom stereocenters. The Balaban J connectivity index is 2.63. The van der Waals surface area contributed by atoms with Gasteiger partial charge < -0.3 is 4.42 Å². The van der Waals surface area contributed by atoms with E-state index < -0.39 is 0 Å². The van der Waals surface area contributed by atoms with Crippen LogP contribution in [0.3, 0.4) is 0 Å². The van der Waals surface area contributed by atoms with E-state index in [-0.39, 0.29) is 5.92 Å². The number of aryl methyl sites for hydroxylation is 1. The molecule has 0 aliphatic heterocycles. The summed E-state index contributed by atoms with van der Waals surface area (Å²) in [7, 11) is 0. The molecule has 0 radical (unpaired) electrons. The molecule has 0 saturated carbocycles. The Morgan fingerprint density at radius 3 is 2.65 bits per heavy atom. The minimum atomic E-state index is 0.242. The fourth-order valence-corrected chi connectivity index (χ4v) is 1.84. The highest BCUT2D eigenvalue weighted by Gasteiger charge is 2.17. The molecule has 0 bridgehead atoms. The molecule has 0 saturated heterocycles. The van der Waals surface area contributed by atoms with Gasteiger partial charge >= 0.3 is 0 Å². The van der Waals surface area contributed by atoms with Crippen LogP contribution in [0.4, 0.5) is 0 Å². The van der Waals surface area contributed by atoms with E-state index in [9.17, 15) is 4.79 Å². The van der Waals surface area contributed by atoms with Gasteiger partial charge in [0.05, 0.1) is 0 Å². The Morgan fingerprint density at radius 1 is 1.29 bits per heavy atom. The Bertz CT molecular complexity index is 541. The third kappa shape index (κ3) is 2.13. The lowest BCUT2D eigenvalue weighted by Gasteiger charge is -2.05. The fourth-order valence-electron chi connectivity index (χ4n) is 1.84. The predicted molar refractivity (Wildman–Crippen MR) is 66.2 cm³/mol. The van der Waals surface area contributed by atoms with E-state index in [0.29, 0.717) is 11.5 Å². The normalized spacial score (nSPS) is 10.8. The van der Waals surface area contributed by atoms with Crippen LogP contribution in [-0.2, 0) is 0 Å². The van der Waals surface area contributed by atoms with Gasteiger partial charge in [-0.2, -0.15) is 0 Å². The molecule has 3 heteroatoms. The summed E-state index contributed by atoms with van der Waals surface area (Å²) >= 11 is 0. The first-order valence-electron chi connectivity index (χ1n) is 5.65. The van der Waals surface area contributed by atoms with E-state index in [1.807, 2.05) is 39.0 Å². The second-order valence-corrected chi connectivity index (χ2v) is 4.31. The van der Waals surface area contributed by atoms with Gasteiger partial charge in [-0.25, -0.2) is 4.98 Å². The van der Waals surface area contributed by atoms with Gasteiger partial charge in [0.1, 0.15) is 11.5 Å². The van der Waals surface area contributed by atoms with Crippen LogP contribution >= 0.6 is 0 Å². The van der Waals surface area contributed by atoms with Crippen LogP contribution in [0.1, 0.15) is 41.8 Å². The van der Waals surface area contributed by atoms with Crippen LogP contribution in [0, 0.1) is 6.92 Å². The molecule has 3 nitrogen and oxygen atoms in total. The van der Waals surface area contributed by atoms with E-state index in [1.165, 1.54) is 0 Å². The number of aromatic nitrogens is 1. The summed E-state index contributed by atoms with van der Waals surface area (Å²) in [6, 6.07) is 7.43. The van der Waals surface area contributed by atoms with E-state index in [4.69, 9.17) is 4.42 Å². The minimum absolute atomic E-state index is 0.242. The molecular formula is C14H15NO2. The molecule has 0 spiro atoms. The summed E-state index contributed by atoms with van der Waals surface area (Å²) in [5, 5.41) is 0. The first-order valence-corrected chi connectivity index (χ1v) is 5.65. The van der Waals surface area contributed by atoms with Crippen molar-refractivity contribution in [3.05, 3.63) is 41.5 Å². The van der Waals surface area contributed by atoms with Crippen LogP contribution in [-0.4, -0.2) is 11.3 Å². The molecule has 2 aromatic rings. The molecule has 0 fully saturated rings. The van der Waals surface area contributed by atoms with Crippen LogP contribution in [0.2, 0.25) is 0 Å². The molecule has 1 aromatic carbocycles. The summed E-state index contributed by atoms with van der Waals surface area (Å²) in [5.41, 5.74) is 2.26. The zero-order valence-electron chi connectivity index (χ0n) is 10.2. The van der Waals surface area contributed by atoms with Crippen molar-refractivity contribution in [1.82, 2.24) is 4.98 Å². The van der Waals surface area contributed by atoms with Crippen LogP contribution < -0.4 is 0 Å². The average molecular weight is 229 g/mol. The van der Waals surface area contributed by atoms with Crippen molar-refractivity contribution in [3.63, 3.8) is 0 Å². The first-order chi connectivity index (χ1) is 8.13. The van der Waals surface area contributed by atoms with Crippen molar-refractivity contribution in [3.8, 4) is 11.3 Å². The molecule has 0 atom stereocenters. The lowest BCUT2D eigenvalue weighted by molar-refractivity contribution is 0.112. The third-order valence-corrected chi connectivity index (χ3v) is 2.63. The quantitative estimate of drug-likeness (QED) is 0.755. The van der Waals surface area contributed by atoms with Gasteiger partial charge in [0.2, 0.25) is 0 Å². The Kier molecular flexibility index (Phi) is 3.09. The van der Waals surface area contributed by atoms with Crippen molar-refractivity contribution in [1.29, 1.82) is 0 Å². The zero-order chi connectivity index (χ0) is 12.4. The third-order valence-electron chi connectivity index (χ3n) is 2.63. The van der Waals surface area contributed by atoms with Crippen molar-refractivity contribution in [2.75, 3.05) is 0 Å². The van der Waals surface area contributed by atoms with Gasteiger partial charge in [0.15, 0.2) is 12.2 Å². The molecular weight excluding hydrogens is 214 g/mol. The predicted octanol–water partition coefficient (Wildman–Crippen LogP) is 3.59. The molecule has 17 heavy (non-hydrogen) atoms. The molecule has 0 aliphatic carbocycles. The number of hydrogen-bond acceptors (Lipinski definition) is 3. The number of nitrogens with zero attached hydrogens (tertiary/aromatic N) is 1. The van der Waals surface area contributed by atoms with Crippen LogP contribution in [0.25, 0.3) is 11.3 Å². The number of aldehydes is 1. The zero-order valence-corrected chi connectivity index (χ0v) is 10.2. The SMILES string of the molecule is Cc1nc(-c2ccccc2C=O)c(C(C)C)o1. The maximum Gasteiger partial charge on any atom is 0.191 e. The largest absolute Gasteiger partial charge is 0.445 e. The topological polar surface area (TPSA) is 43.1 Å². The van der Waals surface area contributed by atoms with Gasteiger partial charge in [-0.3, -0.25) is 4.79 Å². The summed E-state index contributed by atoms with van der Waals surface area (Å²) in [6.07, 6.45) is 0.851. The maximum absolute atomic E-state index is 11.0. The van der Waals surface area contributed by atoms with Crippen LogP contribution in [0.15, 0.2) is 28.7 Å². The first kappa shape index (κ1) is 11.6. The van der Waals surface area contributed by atoms with Crippen LogP contribution in [0.5, 0.6) is 0 Å². The molecule has 88 valence electrons. The van der Waals surface area contributed by atoms with Crippen molar-refractivity contribution in [2.24, 2.45) is 0 Å². The number of carbonyl (C=O) groups is 1. The number of rotatable bonds is 3. The van der Waals surface area contributed by atoms with Gasteiger partial charge in [0.25, 0.3) is 0 Å². The van der Waals surface area contributed by atoms with E-state index >= 15 is 0 Å². The lowest BCUT2D eigenvalue weighted by atomic mass is 10.0. The van der Waals surface area contributed by atoms with Gasteiger partial charge in [-0.05, 0) is 0 Å². The molecule has 1 aromatic heterocycles. The van der Waals surface area contributed by atoms with Crippen molar-refractivity contribution < 1.29 is 9.21 Å². The van der Waals surface area contributed by atoms with Gasteiger partial charge in [0, 0.05) is 24.0 Å². The number of carbonyl (C=O) groups excluding carboxylic acids is 1. The van der Waals surface area contributed by atoms with Gasteiger partial charge in [-0.15, -0.1) is 0 Å². The molecule has 0 aliphatic rings. The number of hydrogen-bond donors (Lipinski definition) is 0. The van der Waals surface area contributed by atoms with Crippen molar-refractivity contribution in [2.45, 2.75) is 26.7 Å². The summed E-state index contributed by atoms with van der Waals surface area (Å²) in [4.78, 5) is 15.4. The highest BCUT2D eigenvalue weighted by Crippen LogP contribution is 2.30. The summed E-state index contributed by atoms with van der Waals surface area (Å²) < 4.78 is 5.60. The fraction of sp³-hybridized carbons (Fsp3) is 0.286. The molecule has 1 heterocycles. The Labute approximate surface area is 100 Å². The Hall–Kier alpha value is -1.90. The molecule has 0 amide bonds. The second kappa shape index (κ2) is 4.53. The maximum atomic E-state index is 11.0. The average Bonchev–Trinajstić information content (AvgIpc) is 2.71. The van der Waals surface area contributed by atoms with Crippen molar-refractivity contribution >= 4 is 6.29 Å².